The second-order valence-electron chi connectivity index (χ2n) is 8.67. The zero-order chi connectivity index (χ0) is 17.7. The van der Waals surface area contributed by atoms with Gasteiger partial charge < -0.3 is 4.74 Å². The number of morpholine rings is 1. The van der Waals surface area contributed by atoms with Crippen molar-refractivity contribution in [1.29, 1.82) is 0 Å². The second kappa shape index (κ2) is 8.49. The van der Waals surface area contributed by atoms with Gasteiger partial charge in [-0.2, -0.15) is 0 Å². The van der Waals surface area contributed by atoms with Gasteiger partial charge >= 0.3 is 0 Å². The van der Waals surface area contributed by atoms with Crippen molar-refractivity contribution in [3.8, 4) is 0 Å². The number of rotatable bonds is 6. The third-order valence-electron chi connectivity index (χ3n) is 5.19. The van der Waals surface area contributed by atoms with Crippen LogP contribution in [0.1, 0.15) is 65.5 Å². The standard InChI is InChI=1S/C22H37NO/c1-7-20-15-23(16-21(8-2)24-20)14-17(3)13-18-9-11-19(12-10-18)22(4,5)6/h9-12,17,20-21H,7-8,13-16H2,1-6H3. The first-order valence-corrected chi connectivity index (χ1v) is 9.79. The number of benzene rings is 1. The predicted molar refractivity (Wildman–Crippen MR) is 104 cm³/mol. The number of hydrogen-bond donors (Lipinski definition) is 0. The van der Waals surface area contributed by atoms with E-state index in [0.717, 1.165) is 32.4 Å². The van der Waals surface area contributed by atoms with Crippen LogP contribution in [0.3, 0.4) is 0 Å². The lowest BCUT2D eigenvalue weighted by Gasteiger charge is -2.38. The van der Waals surface area contributed by atoms with E-state index < -0.39 is 0 Å². The average molecular weight is 332 g/mol. The van der Waals surface area contributed by atoms with Gasteiger partial charge in [0.15, 0.2) is 0 Å². The molecule has 1 aliphatic heterocycles. The number of hydrogen-bond acceptors (Lipinski definition) is 2. The summed E-state index contributed by atoms with van der Waals surface area (Å²) in [4.78, 5) is 2.63. The summed E-state index contributed by atoms with van der Waals surface area (Å²) in [6.45, 7) is 17.1. The van der Waals surface area contributed by atoms with Crippen LogP contribution in [0.5, 0.6) is 0 Å². The van der Waals surface area contributed by atoms with Crippen molar-refractivity contribution in [3.63, 3.8) is 0 Å². The Balaban J connectivity index is 1.89. The molecule has 0 amide bonds. The molecule has 1 heterocycles. The first-order valence-electron chi connectivity index (χ1n) is 9.79. The van der Waals surface area contributed by atoms with E-state index in [4.69, 9.17) is 4.74 Å². The molecular weight excluding hydrogens is 294 g/mol. The van der Waals surface area contributed by atoms with Crippen molar-refractivity contribution < 1.29 is 4.74 Å². The Morgan fingerprint density at radius 2 is 1.58 bits per heavy atom. The SMILES string of the molecule is CCC1CN(CC(C)Cc2ccc(C(C)(C)C)cc2)CC(CC)O1. The van der Waals surface area contributed by atoms with Crippen molar-refractivity contribution in [3.05, 3.63) is 35.4 Å². The van der Waals surface area contributed by atoms with Crippen LogP contribution in [0, 0.1) is 5.92 Å². The molecule has 1 aliphatic rings. The Bertz CT molecular complexity index is 476. The third-order valence-corrected chi connectivity index (χ3v) is 5.19. The number of nitrogens with zero attached hydrogens (tertiary/aromatic N) is 1. The van der Waals surface area contributed by atoms with Crippen LogP contribution in [0.4, 0.5) is 0 Å². The van der Waals surface area contributed by atoms with Gasteiger partial charge in [0.05, 0.1) is 12.2 Å². The van der Waals surface area contributed by atoms with Crippen LogP contribution < -0.4 is 0 Å². The third kappa shape index (κ3) is 5.60. The Morgan fingerprint density at radius 3 is 2.04 bits per heavy atom. The highest BCUT2D eigenvalue weighted by Crippen LogP contribution is 2.23. The van der Waals surface area contributed by atoms with E-state index in [1.54, 1.807) is 0 Å². The largest absolute Gasteiger partial charge is 0.372 e. The van der Waals surface area contributed by atoms with Crippen LogP contribution in [-0.2, 0) is 16.6 Å². The molecule has 24 heavy (non-hydrogen) atoms. The Morgan fingerprint density at radius 1 is 1.04 bits per heavy atom. The van der Waals surface area contributed by atoms with Gasteiger partial charge in [0.25, 0.3) is 0 Å². The van der Waals surface area contributed by atoms with E-state index >= 15 is 0 Å². The maximum absolute atomic E-state index is 6.12. The summed E-state index contributed by atoms with van der Waals surface area (Å²) >= 11 is 0. The molecule has 0 N–H and O–H groups in total. The first-order chi connectivity index (χ1) is 11.3. The molecule has 1 aromatic carbocycles. The molecule has 1 fully saturated rings. The van der Waals surface area contributed by atoms with Gasteiger partial charge in [0.1, 0.15) is 0 Å². The van der Waals surface area contributed by atoms with Gasteiger partial charge in [-0.3, -0.25) is 4.90 Å². The molecule has 3 atom stereocenters. The van der Waals surface area contributed by atoms with Crippen LogP contribution in [0.2, 0.25) is 0 Å². The lowest BCUT2D eigenvalue weighted by Crippen LogP contribution is -2.48. The summed E-state index contributed by atoms with van der Waals surface area (Å²) in [7, 11) is 0. The van der Waals surface area contributed by atoms with Gasteiger partial charge in [-0.05, 0) is 41.7 Å². The Kier molecular flexibility index (Phi) is 6.88. The van der Waals surface area contributed by atoms with Crippen LogP contribution in [0.25, 0.3) is 0 Å². The lowest BCUT2D eigenvalue weighted by atomic mass is 9.86. The topological polar surface area (TPSA) is 12.5 Å². The van der Waals surface area contributed by atoms with Crippen molar-refractivity contribution in [2.75, 3.05) is 19.6 Å². The molecule has 0 aromatic heterocycles. The van der Waals surface area contributed by atoms with E-state index in [9.17, 15) is 0 Å². The zero-order valence-corrected chi connectivity index (χ0v) is 16.6. The van der Waals surface area contributed by atoms with Crippen LogP contribution in [0.15, 0.2) is 24.3 Å². The monoisotopic (exact) mass is 331 g/mol. The van der Waals surface area contributed by atoms with E-state index in [-0.39, 0.29) is 5.41 Å². The minimum absolute atomic E-state index is 0.238. The molecule has 0 spiro atoms. The van der Waals surface area contributed by atoms with E-state index in [1.165, 1.54) is 17.7 Å². The Labute approximate surface area is 149 Å². The second-order valence-corrected chi connectivity index (χ2v) is 8.67. The molecule has 1 aromatic rings. The lowest BCUT2D eigenvalue weighted by molar-refractivity contribution is -0.0895. The maximum atomic E-state index is 6.12. The summed E-state index contributed by atoms with van der Waals surface area (Å²) in [5.41, 5.74) is 3.12. The summed E-state index contributed by atoms with van der Waals surface area (Å²) in [6.07, 6.45) is 4.24. The molecule has 2 rings (SSSR count). The molecule has 2 nitrogen and oxygen atoms in total. The van der Waals surface area contributed by atoms with Crippen molar-refractivity contribution in [2.45, 2.75) is 78.4 Å². The fourth-order valence-corrected chi connectivity index (χ4v) is 3.66. The van der Waals surface area contributed by atoms with E-state index in [1.807, 2.05) is 0 Å². The summed E-state index contributed by atoms with van der Waals surface area (Å²) < 4.78 is 6.12. The van der Waals surface area contributed by atoms with Gasteiger partial charge in [0, 0.05) is 19.6 Å². The summed E-state index contributed by atoms with van der Waals surface area (Å²) in [6, 6.07) is 9.24. The summed E-state index contributed by atoms with van der Waals surface area (Å²) in [5, 5.41) is 0. The maximum Gasteiger partial charge on any atom is 0.0703 e. The molecule has 3 unspecified atom stereocenters. The van der Waals surface area contributed by atoms with Crippen LogP contribution in [-0.4, -0.2) is 36.7 Å². The highest BCUT2D eigenvalue weighted by Gasteiger charge is 2.26. The first kappa shape index (κ1) is 19.5. The van der Waals surface area contributed by atoms with Crippen molar-refractivity contribution in [1.82, 2.24) is 4.90 Å². The molecule has 1 saturated heterocycles. The quantitative estimate of drug-likeness (QED) is 0.723. The van der Waals surface area contributed by atoms with Gasteiger partial charge in [-0.1, -0.05) is 65.8 Å². The van der Waals surface area contributed by atoms with Gasteiger partial charge in [0.2, 0.25) is 0 Å². The zero-order valence-electron chi connectivity index (χ0n) is 16.6. The minimum atomic E-state index is 0.238. The molecule has 2 heteroatoms. The highest BCUT2D eigenvalue weighted by atomic mass is 16.5. The average Bonchev–Trinajstić information content (AvgIpc) is 2.53. The highest BCUT2D eigenvalue weighted by molar-refractivity contribution is 5.27. The van der Waals surface area contributed by atoms with Gasteiger partial charge in [-0.15, -0.1) is 0 Å². The van der Waals surface area contributed by atoms with E-state index in [0.29, 0.717) is 18.1 Å². The fraction of sp³-hybridized carbons (Fsp3) is 0.727. The summed E-state index contributed by atoms with van der Waals surface area (Å²) in [5.74, 6) is 0.679. The molecule has 0 aliphatic carbocycles. The number of ether oxygens (including phenoxy) is 1. The molecule has 136 valence electrons. The van der Waals surface area contributed by atoms with Gasteiger partial charge in [-0.25, -0.2) is 0 Å². The fourth-order valence-electron chi connectivity index (χ4n) is 3.66. The minimum Gasteiger partial charge on any atom is -0.372 e. The Hall–Kier alpha value is -0.860. The predicted octanol–water partition coefficient (Wildman–Crippen LogP) is 5.05. The van der Waals surface area contributed by atoms with Crippen LogP contribution >= 0.6 is 0 Å². The molecule has 0 saturated carbocycles. The van der Waals surface area contributed by atoms with E-state index in [2.05, 4.69) is 70.7 Å². The molecule has 0 radical (unpaired) electrons. The van der Waals surface area contributed by atoms with Crippen molar-refractivity contribution in [2.24, 2.45) is 5.92 Å². The van der Waals surface area contributed by atoms with Crippen molar-refractivity contribution >= 4 is 0 Å². The normalized spacial score (nSPS) is 24.1. The smallest absolute Gasteiger partial charge is 0.0703 e. The molecule has 0 bridgehead atoms. The molecular formula is C22H37NO.